The van der Waals surface area contributed by atoms with E-state index in [1.807, 2.05) is 36.5 Å². The van der Waals surface area contributed by atoms with Gasteiger partial charge in [-0.3, -0.25) is 19.8 Å². The Kier molecular flexibility index (Phi) is 7.03. The molecule has 4 aromatic rings. The van der Waals surface area contributed by atoms with Crippen LogP contribution in [0.25, 0.3) is 21.1 Å². The minimum Gasteiger partial charge on any atom is -0.492 e. The molecule has 0 atom stereocenters. The van der Waals surface area contributed by atoms with Crippen LogP contribution in [0.4, 0.5) is 0 Å². The lowest BCUT2D eigenvalue weighted by atomic mass is 10.1. The van der Waals surface area contributed by atoms with Gasteiger partial charge in [0, 0.05) is 23.5 Å². The van der Waals surface area contributed by atoms with Crippen molar-refractivity contribution in [3.8, 4) is 26.9 Å². The highest BCUT2D eigenvalue weighted by molar-refractivity contribution is 7.18. The van der Waals surface area contributed by atoms with Crippen LogP contribution >= 0.6 is 11.3 Å². The first-order valence-corrected chi connectivity index (χ1v) is 10.9. The Morgan fingerprint density at radius 1 is 0.909 bits per heavy atom. The van der Waals surface area contributed by atoms with Gasteiger partial charge in [0.2, 0.25) is 0 Å². The zero-order valence-electron chi connectivity index (χ0n) is 17.4. The molecular weight excluding hydrogens is 440 g/mol. The van der Waals surface area contributed by atoms with Crippen LogP contribution in [0.3, 0.4) is 0 Å². The molecule has 2 aromatic heterocycles. The normalized spacial score (nSPS) is 10.5. The van der Waals surface area contributed by atoms with Gasteiger partial charge in [0.15, 0.2) is 0 Å². The summed E-state index contributed by atoms with van der Waals surface area (Å²) in [6, 6.07) is 19.3. The Morgan fingerprint density at radius 3 is 2.33 bits per heavy atom. The Balaban J connectivity index is 1.27. The third kappa shape index (κ3) is 5.59. The highest BCUT2D eigenvalue weighted by Crippen LogP contribution is 2.31. The Bertz CT molecular complexity index is 1230. The maximum Gasteiger partial charge on any atom is 0.274 e. The fraction of sp³-hybridized carbons (Fsp3) is 0.0833. The van der Waals surface area contributed by atoms with Gasteiger partial charge in [0.05, 0.1) is 17.1 Å². The molecule has 33 heavy (non-hydrogen) atoms. The largest absolute Gasteiger partial charge is 0.492 e. The number of aromatic nitrogens is 2. The molecule has 2 heterocycles. The monoisotopic (exact) mass is 460 g/mol. The van der Waals surface area contributed by atoms with Crippen molar-refractivity contribution >= 4 is 23.2 Å². The molecule has 9 heteroatoms. The number of pyridine rings is 1. The fourth-order valence-electron chi connectivity index (χ4n) is 3.00. The van der Waals surface area contributed by atoms with Gasteiger partial charge in [-0.15, -0.1) is 11.3 Å². The second kappa shape index (κ2) is 10.5. The van der Waals surface area contributed by atoms with Crippen LogP contribution in [0.5, 0.6) is 5.75 Å². The summed E-state index contributed by atoms with van der Waals surface area (Å²) in [6.45, 7) is 0.592. The number of carbonyl (C=O) groups is 2. The number of benzene rings is 2. The summed E-state index contributed by atoms with van der Waals surface area (Å²) in [5.74, 6) is -0.236. The van der Waals surface area contributed by atoms with Crippen LogP contribution in [0.15, 0.2) is 79.1 Å². The molecule has 0 aliphatic rings. The van der Waals surface area contributed by atoms with Gasteiger partial charge in [0.1, 0.15) is 17.4 Å². The molecule has 4 rings (SSSR count). The third-order valence-corrected chi connectivity index (χ3v) is 5.76. The lowest BCUT2D eigenvalue weighted by molar-refractivity contribution is 0.0706. The summed E-state index contributed by atoms with van der Waals surface area (Å²) in [4.78, 5) is 33.5. The highest BCUT2D eigenvalue weighted by atomic mass is 32.1. The minimum atomic E-state index is -0.594. The number of hydroxylamine groups is 1. The van der Waals surface area contributed by atoms with Crippen molar-refractivity contribution in [2.24, 2.45) is 0 Å². The van der Waals surface area contributed by atoms with E-state index in [4.69, 9.17) is 9.94 Å². The number of rotatable bonds is 8. The van der Waals surface area contributed by atoms with E-state index in [1.54, 1.807) is 47.3 Å². The molecule has 2 aromatic carbocycles. The lowest BCUT2D eigenvalue weighted by Gasteiger charge is -2.08. The summed E-state index contributed by atoms with van der Waals surface area (Å²) < 4.78 is 5.56. The van der Waals surface area contributed by atoms with Crippen molar-refractivity contribution in [3.63, 3.8) is 0 Å². The van der Waals surface area contributed by atoms with Gasteiger partial charge in [-0.2, -0.15) is 0 Å². The van der Waals surface area contributed by atoms with Crippen LogP contribution in [0.2, 0.25) is 0 Å². The van der Waals surface area contributed by atoms with Crippen LogP contribution in [-0.4, -0.2) is 40.1 Å². The van der Waals surface area contributed by atoms with E-state index in [0.717, 1.165) is 21.1 Å². The Morgan fingerprint density at radius 2 is 1.64 bits per heavy atom. The molecule has 166 valence electrons. The topological polar surface area (TPSA) is 113 Å². The number of carbonyl (C=O) groups excluding carboxylic acids is 2. The molecule has 2 amide bonds. The van der Waals surface area contributed by atoms with E-state index in [0.29, 0.717) is 23.4 Å². The zero-order chi connectivity index (χ0) is 23.0. The van der Waals surface area contributed by atoms with E-state index in [2.05, 4.69) is 15.3 Å². The highest BCUT2D eigenvalue weighted by Gasteiger charge is 2.10. The quantitative estimate of drug-likeness (QED) is 0.209. The summed E-state index contributed by atoms with van der Waals surface area (Å²) in [5, 5.41) is 12.3. The predicted molar refractivity (Wildman–Crippen MR) is 124 cm³/mol. The number of amides is 2. The van der Waals surface area contributed by atoms with Crippen LogP contribution in [0.1, 0.15) is 20.7 Å². The van der Waals surface area contributed by atoms with Crippen molar-refractivity contribution < 1.29 is 19.5 Å². The van der Waals surface area contributed by atoms with E-state index in [1.165, 1.54) is 12.1 Å². The van der Waals surface area contributed by atoms with Gasteiger partial charge < -0.3 is 10.1 Å². The molecule has 0 radical (unpaired) electrons. The molecule has 3 N–H and O–H groups in total. The molecule has 0 aliphatic carbocycles. The number of nitrogens with zero attached hydrogens (tertiary/aromatic N) is 2. The molecular formula is C24H20N4O4S. The van der Waals surface area contributed by atoms with Gasteiger partial charge in [-0.25, -0.2) is 10.5 Å². The van der Waals surface area contributed by atoms with Crippen molar-refractivity contribution in [1.29, 1.82) is 0 Å². The first kappa shape index (κ1) is 22.1. The number of hydrogen-bond donors (Lipinski definition) is 3. The number of hydrogen-bond acceptors (Lipinski definition) is 7. The van der Waals surface area contributed by atoms with E-state index in [9.17, 15) is 9.59 Å². The third-order valence-electron chi connectivity index (χ3n) is 4.70. The van der Waals surface area contributed by atoms with Crippen molar-refractivity contribution in [2.45, 2.75) is 0 Å². The summed E-state index contributed by atoms with van der Waals surface area (Å²) >= 11 is 1.55. The fourth-order valence-corrected chi connectivity index (χ4v) is 3.90. The number of nitrogens with one attached hydrogen (secondary N) is 2. The summed E-state index contributed by atoms with van der Waals surface area (Å²) in [6.07, 6.45) is 3.55. The maximum absolute atomic E-state index is 12.4. The van der Waals surface area contributed by atoms with Gasteiger partial charge in [-0.1, -0.05) is 18.2 Å². The van der Waals surface area contributed by atoms with E-state index < -0.39 is 5.91 Å². The van der Waals surface area contributed by atoms with Crippen molar-refractivity contribution in [1.82, 2.24) is 20.8 Å². The first-order valence-electron chi connectivity index (χ1n) is 10.1. The Hall–Kier alpha value is -4.08. The molecule has 0 aliphatic heterocycles. The second-order valence-corrected chi connectivity index (χ2v) is 7.92. The molecule has 0 saturated heterocycles. The maximum atomic E-state index is 12.4. The number of thiazole rings is 1. The SMILES string of the molecule is O=C(NO)c1ccc(OCCNC(=O)c2ccc(-c3cnc(-c4ccccn4)s3)cc2)cc1. The van der Waals surface area contributed by atoms with Gasteiger partial charge in [0.25, 0.3) is 11.8 Å². The second-order valence-electron chi connectivity index (χ2n) is 6.89. The minimum absolute atomic E-state index is 0.196. The van der Waals surface area contributed by atoms with E-state index in [-0.39, 0.29) is 12.5 Å². The van der Waals surface area contributed by atoms with Crippen LogP contribution in [0, 0.1) is 0 Å². The predicted octanol–water partition coefficient (Wildman–Crippen LogP) is 3.80. The summed E-state index contributed by atoms with van der Waals surface area (Å²) in [7, 11) is 0. The van der Waals surface area contributed by atoms with Crippen LogP contribution < -0.4 is 15.5 Å². The average molecular weight is 461 g/mol. The lowest BCUT2D eigenvalue weighted by Crippen LogP contribution is -2.28. The molecule has 0 saturated carbocycles. The Labute approximate surface area is 193 Å². The standard InChI is InChI=1S/C24H20N4O4S/c29-22(26-13-14-32-19-10-8-18(9-11-19)23(30)28-31)17-6-4-16(5-7-17)21-15-27-24(33-21)20-3-1-2-12-25-20/h1-12,15,31H,13-14H2,(H,26,29)(H,28,30). The first-order chi connectivity index (χ1) is 16.1. The molecule has 0 bridgehead atoms. The van der Waals surface area contributed by atoms with Crippen molar-refractivity contribution in [2.75, 3.05) is 13.2 Å². The molecule has 0 unspecified atom stereocenters. The number of ether oxygens (including phenoxy) is 1. The van der Waals surface area contributed by atoms with Crippen molar-refractivity contribution in [3.05, 3.63) is 90.3 Å². The van der Waals surface area contributed by atoms with Gasteiger partial charge in [-0.05, 0) is 54.1 Å². The average Bonchev–Trinajstić information content (AvgIpc) is 3.37. The zero-order valence-corrected chi connectivity index (χ0v) is 18.2. The molecule has 0 spiro atoms. The molecule has 0 fully saturated rings. The molecule has 8 nitrogen and oxygen atoms in total. The summed E-state index contributed by atoms with van der Waals surface area (Å²) in [5.41, 5.74) is 4.24. The smallest absolute Gasteiger partial charge is 0.274 e. The van der Waals surface area contributed by atoms with Gasteiger partial charge >= 0.3 is 0 Å². The van der Waals surface area contributed by atoms with E-state index >= 15 is 0 Å². The van der Waals surface area contributed by atoms with Crippen LogP contribution in [-0.2, 0) is 0 Å².